The Labute approximate surface area is 140 Å². The lowest BCUT2D eigenvalue weighted by molar-refractivity contribution is 0.0313. The molecule has 1 unspecified atom stereocenters. The number of halogens is 1. The molecule has 0 bridgehead atoms. The summed E-state index contributed by atoms with van der Waals surface area (Å²) in [6.45, 7) is 2.28. The number of unbranched alkanes of at least 4 members (excludes halogenated alkanes) is 12. The van der Waals surface area contributed by atoms with E-state index in [1.807, 2.05) is 19.0 Å². The van der Waals surface area contributed by atoms with E-state index in [0.29, 0.717) is 0 Å². The largest absolute Gasteiger partial charge is 0.378 e. The molecule has 0 radical (unpaired) electrons. The molecule has 0 saturated carbocycles. The first-order valence-electron chi connectivity index (χ1n) is 9.03. The molecule has 0 aromatic rings. The third-order valence-electron chi connectivity index (χ3n) is 4.16. The van der Waals surface area contributed by atoms with E-state index >= 15 is 0 Å². The van der Waals surface area contributed by atoms with E-state index in [2.05, 4.69) is 6.92 Å². The quantitative estimate of drug-likeness (QED) is 0.306. The maximum Gasteiger partial charge on any atom is 0.106 e. The highest BCUT2D eigenvalue weighted by Gasteiger charge is 2.04. The monoisotopic (exact) mass is 321 g/mol. The fraction of sp³-hybridized carbons (Fsp3) is 1.00. The fourth-order valence-electron chi connectivity index (χ4n) is 2.60. The maximum absolute atomic E-state index is 9.63. The molecule has 2 nitrogen and oxygen atoms in total. The maximum atomic E-state index is 9.63. The van der Waals surface area contributed by atoms with Crippen LogP contribution in [0.3, 0.4) is 0 Å². The SMILES string of the molecule is CCCCCCCCCCCCCCCC(O)N(C)C.Cl. The first-order valence-corrected chi connectivity index (χ1v) is 9.03. The van der Waals surface area contributed by atoms with Crippen LogP contribution in [0.1, 0.15) is 96.8 Å². The molecule has 0 spiro atoms. The van der Waals surface area contributed by atoms with E-state index in [4.69, 9.17) is 0 Å². The summed E-state index contributed by atoms with van der Waals surface area (Å²) in [5, 5.41) is 9.63. The Morgan fingerprint density at radius 1 is 0.667 bits per heavy atom. The molecule has 3 heteroatoms. The van der Waals surface area contributed by atoms with Crippen LogP contribution < -0.4 is 0 Å². The standard InChI is InChI=1S/C18H39NO.ClH/c1-4-5-6-7-8-9-10-11-12-13-14-15-16-17-18(20)19(2)3;/h18,20H,4-17H2,1-3H3;1H. The summed E-state index contributed by atoms with van der Waals surface area (Å²) in [5.41, 5.74) is 0. The van der Waals surface area contributed by atoms with Crippen LogP contribution in [0.5, 0.6) is 0 Å². The minimum Gasteiger partial charge on any atom is -0.378 e. The van der Waals surface area contributed by atoms with Crippen molar-refractivity contribution in [1.82, 2.24) is 4.90 Å². The molecule has 0 aliphatic rings. The number of aliphatic hydroxyl groups excluding tert-OH is 1. The van der Waals surface area contributed by atoms with Crippen molar-refractivity contribution in [3.05, 3.63) is 0 Å². The van der Waals surface area contributed by atoms with Crippen LogP contribution in [0.15, 0.2) is 0 Å². The first kappa shape index (κ1) is 23.5. The zero-order valence-electron chi connectivity index (χ0n) is 14.8. The van der Waals surface area contributed by atoms with Gasteiger partial charge in [0.15, 0.2) is 0 Å². The predicted octanol–water partition coefficient (Wildman–Crippen LogP) is 5.77. The van der Waals surface area contributed by atoms with Gasteiger partial charge in [0.25, 0.3) is 0 Å². The summed E-state index contributed by atoms with van der Waals surface area (Å²) in [4.78, 5) is 1.89. The fourth-order valence-corrected chi connectivity index (χ4v) is 2.60. The molecule has 0 saturated heterocycles. The Morgan fingerprint density at radius 2 is 1.00 bits per heavy atom. The van der Waals surface area contributed by atoms with Gasteiger partial charge in [0.2, 0.25) is 0 Å². The topological polar surface area (TPSA) is 23.5 Å². The minimum atomic E-state index is -0.247. The van der Waals surface area contributed by atoms with Crippen LogP contribution in [-0.2, 0) is 0 Å². The van der Waals surface area contributed by atoms with Gasteiger partial charge < -0.3 is 5.11 Å². The molecule has 0 heterocycles. The molecule has 1 N–H and O–H groups in total. The molecule has 0 aromatic carbocycles. The summed E-state index contributed by atoms with van der Waals surface area (Å²) in [6.07, 6.45) is 18.7. The minimum absolute atomic E-state index is 0. The van der Waals surface area contributed by atoms with E-state index < -0.39 is 0 Å². The summed E-state index contributed by atoms with van der Waals surface area (Å²) in [7, 11) is 3.87. The Morgan fingerprint density at radius 3 is 1.33 bits per heavy atom. The Balaban J connectivity index is 0. The van der Waals surface area contributed by atoms with E-state index in [1.54, 1.807) is 0 Å². The summed E-state index contributed by atoms with van der Waals surface area (Å²) in [6, 6.07) is 0. The van der Waals surface area contributed by atoms with Crippen LogP contribution in [0, 0.1) is 0 Å². The molecular weight excluding hydrogens is 282 g/mol. The number of hydrogen-bond donors (Lipinski definition) is 1. The highest BCUT2D eigenvalue weighted by atomic mass is 35.5. The molecule has 130 valence electrons. The molecule has 1 atom stereocenters. The van der Waals surface area contributed by atoms with E-state index in [0.717, 1.165) is 12.8 Å². The van der Waals surface area contributed by atoms with Crippen molar-refractivity contribution in [2.75, 3.05) is 14.1 Å². The van der Waals surface area contributed by atoms with Gasteiger partial charge in [0, 0.05) is 0 Å². The molecule has 0 aliphatic heterocycles. The van der Waals surface area contributed by atoms with Gasteiger partial charge in [-0.3, -0.25) is 4.90 Å². The van der Waals surface area contributed by atoms with Crippen molar-refractivity contribution in [2.24, 2.45) is 0 Å². The highest BCUT2D eigenvalue weighted by Crippen LogP contribution is 2.13. The number of rotatable bonds is 15. The van der Waals surface area contributed by atoms with Crippen LogP contribution >= 0.6 is 12.4 Å². The van der Waals surface area contributed by atoms with Crippen molar-refractivity contribution < 1.29 is 5.11 Å². The van der Waals surface area contributed by atoms with Crippen LogP contribution in [-0.4, -0.2) is 30.3 Å². The third-order valence-corrected chi connectivity index (χ3v) is 4.16. The van der Waals surface area contributed by atoms with Gasteiger partial charge in [-0.05, 0) is 26.9 Å². The first-order chi connectivity index (χ1) is 9.68. The van der Waals surface area contributed by atoms with Gasteiger partial charge in [0.1, 0.15) is 6.23 Å². The van der Waals surface area contributed by atoms with Crippen molar-refractivity contribution in [3.8, 4) is 0 Å². The zero-order chi connectivity index (χ0) is 15.1. The Kier molecular flexibility index (Phi) is 20.4. The number of nitrogens with zero attached hydrogens (tertiary/aromatic N) is 1. The van der Waals surface area contributed by atoms with Gasteiger partial charge in [-0.1, -0.05) is 84.0 Å². The number of hydrogen-bond acceptors (Lipinski definition) is 2. The average molecular weight is 322 g/mol. The van der Waals surface area contributed by atoms with Gasteiger partial charge in [0.05, 0.1) is 0 Å². The van der Waals surface area contributed by atoms with Crippen molar-refractivity contribution in [2.45, 2.75) is 103 Å². The van der Waals surface area contributed by atoms with Gasteiger partial charge in [-0.15, -0.1) is 12.4 Å². The summed E-state index contributed by atoms with van der Waals surface area (Å²) >= 11 is 0. The Hall–Kier alpha value is 0.210. The van der Waals surface area contributed by atoms with E-state index in [1.165, 1.54) is 77.0 Å². The van der Waals surface area contributed by atoms with Crippen molar-refractivity contribution in [3.63, 3.8) is 0 Å². The zero-order valence-corrected chi connectivity index (χ0v) is 15.6. The second-order valence-corrected chi connectivity index (χ2v) is 6.48. The lowest BCUT2D eigenvalue weighted by atomic mass is 10.0. The molecule has 0 aliphatic carbocycles. The molecule has 0 amide bonds. The molecule has 0 rings (SSSR count). The van der Waals surface area contributed by atoms with Crippen LogP contribution in [0.2, 0.25) is 0 Å². The molecular formula is C18H40ClNO. The highest BCUT2D eigenvalue weighted by molar-refractivity contribution is 5.85. The lowest BCUT2D eigenvalue weighted by Gasteiger charge is -2.17. The summed E-state index contributed by atoms with van der Waals surface area (Å²) in [5.74, 6) is 0. The van der Waals surface area contributed by atoms with E-state index in [9.17, 15) is 5.11 Å². The molecule has 21 heavy (non-hydrogen) atoms. The second-order valence-electron chi connectivity index (χ2n) is 6.48. The van der Waals surface area contributed by atoms with Crippen LogP contribution in [0.4, 0.5) is 0 Å². The molecule has 0 aromatic heterocycles. The van der Waals surface area contributed by atoms with Gasteiger partial charge in [-0.2, -0.15) is 0 Å². The lowest BCUT2D eigenvalue weighted by Crippen LogP contribution is -2.27. The normalized spacial score (nSPS) is 12.4. The number of aliphatic hydroxyl groups is 1. The van der Waals surface area contributed by atoms with E-state index in [-0.39, 0.29) is 18.6 Å². The van der Waals surface area contributed by atoms with Crippen LogP contribution in [0.25, 0.3) is 0 Å². The van der Waals surface area contributed by atoms with Gasteiger partial charge >= 0.3 is 0 Å². The van der Waals surface area contributed by atoms with Crippen molar-refractivity contribution >= 4 is 12.4 Å². The summed E-state index contributed by atoms with van der Waals surface area (Å²) < 4.78 is 0. The molecule has 0 fully saturated rings. The second kappa shape index (κ2) is 18.3. The smallest absolute Gasteiger partial charge is 0.106 e. The Bertz CT molecular complexity index is 188. The van der Waals surface area contributed by atoms with Gasteiger partial charge in [-0.25, -0.2) is 0 Å². The van der Waals surface area contributed by atoms with Crippen molar-refractivity contribution in [1.29, 1.82) is 0 Å². The third kappa shape index (κ3) is 18.2. The predicted molar refractivity (Wildman–Crippen MR) is 97.3 cm³/mol. The average Bonchev–Trinajstić information content (AvgIpc) is 2.43.